The molecule has 0 radical (unpaired) electrons. The molecule has 1 saturated heterocycles. The van der Waals surface area contributed by atoms with Crippen LogP contribution in [0.4, 0.5) is 8.78 Å². The number of ether oxygens (including phenoxy) is 1. The number of benzene rings is 1. The van der Waals surface area contributed by atoms with Crippen LogP contribution >= 0.6 is 0 Å². The van der Waals surface area contributed by atoms with Gasteiger partial charge in [-0.25, -0.2) is 8.78 Å². The molecule has 1 N–H and O–H groups in total. The number of hydrogen-bond acceptors (Lipinski definition) is 2. The Kier molecular flexibility index (Phi) is 3.68. The molecule has 0 spiro atoms. The summed E-state index contributed by atoms with van der Waals surface area (Å²) in [7, 11) is 0. The average molecular weight is 240 g/mol. The van der Waals surface area contributed by atoms with Crippen molar-refractivity contribution in [2.75, 3.05) is 26.3 Å². The second-order valence-corrected chi connectivity index (χ2v) is 3.96. The number of halogens is 2. The van der Waals surface area contributed by atoms with Crippen LogP contribution in [0.25, 0.3) is 0 Å². The fourth-order valence-corrected chi connectivity index (χ4v) is 1.79. The molecular formula is C12H14F2N2O. The Morgan fingerprint density at radius 3 is 2.65 bits per heavy atom. The third-order valence-electron chi connectivity index (χ3n) is 2.77. The van der Waals surface area contributed by atoms with Crippen LogP contribution in [0.1, 0.15) is 5.56 Å². The Morgan fingerprint density at radius 2 is 2.00 bits per heavy atom. The lowest BCUT2D eigenvalue weighted by Crippen LogP contribution is -2.41. The molecule has 1 aromatic carbocycles. The summed E-state index contributed by atoms with van der Waals surface area (Å²) >= 11 is 0. The monoisotopic (exact) mass is 240 g/mol. The summed E-state index contributed by atoms with van der Waals surface area (Å²) in [6.07, 6.45) is 0.187. The van der Waals surface area contributed by atoms with Crippen LogP contribution in [0.5, 0.6) is 0 Å². The van der Waals surface area contributed by atoms with Crippen LogP contribution < -0.4 is 0 Å². The Morgan fingerprint density at radius 1 is 1.29 bits per heavy atom. The van der Waals surface area contributed by atoms with Gasteiger partial charge >= 0.3 is 0 Å². The van der Waals surface area contributed by atoms with Gasteiger partial charge in [0.15, 0.2) is 0 Å². The van der Waals surface area contributed by atoms with Crippen molar-refractivity contribution in [3.63, 3.8) is 0 Å². The zero-order chi connectivity index (χ0) is 12.3. The average Bonchev–Trinajstić information content (AvgIpc) is 2.34. The summed E-state index contributed by atoms with van der Waals surface area (Å²) < 4.78 is 31.3. The summed E-state index contributed by atoms with van der Waals surface area (Å²) in [6, 6.07) is 3.45. The van der Waals surface area contributed by atoms with Crippen molar-refractivity contribution in [1.29, 1.82) is 5.41 Å². The Bertz CT molecular complexity index is 417. The van der Waals surface area contributed by atoms with Gasteiger partial charge in [0.05, 0.1) is 13.2 Å². The van der Waals surface area contributed by atoms with E-state index in [0.717, 1.165) is 6.07 Å². The predicted molar refractivity (Wildman–Crippen MR) is 60.2 cm³/mol. The lowest BCUT2D eigenvalue weighted by molar-refractivity contribution is 0.0670. The second-order valence-electron chi connectivity index (χ2n) is 3.96. The molecule has 5 heteroatoms. The highest BCUT2D eigenvalue weighted by molar-refractivity contribution is 5.81. The summed E-state index contributed by atoms with van der Waals surface area (Å²) in [6.45, 7) is 2.49. The lowest BCUT2D eigenvalue weighted by Gasteiger charge is -2.29. The summed E-state index contributed by atoms with van der Waals surface area (Å²) in [4.78, 5) is 1.85. The molecule has 0 amide bonds. The van der Waals surface area contributed by atoms with Gasteiger partial charge in [0.1, 0.15) is 17.5 Å². The van der Waals surface area contributed by atoms with E-state index in [1.807, 2.05) is 4.90 Å². The summed E-state index contributed by atoms with van der Waals surface area (Å²) in [5.41, 5.74) is 0.350. The number of hydrogen-bond donors (Lipinski definition) is 1. The van der Waals surface area contributed by atoms with Crippen molar-refractivity contribution in [2.45, 2.75) is 6.42 Å². The maximum atomic E-state index is 13.4. The van der Waals surface area contributed by atoms with Crippen LogP contribution in [-0.2, 0) is 11.2 Å². The van der Waals surface area contributed by atoms with Gasteiger partial charge in [0.25, 0.3) is 0 Å². The fourth-order valence-electron chi connectivity index (χ4n) is 1.79. The van der Waals surface area contributed by atoms with E-state index in [0.29, 0.717) is 37.7 Å². The number of rotatable bonds is 2. The predicted octanol–water partition coefficient (Wildman–Crippen LogP) is 1.82. The lowest BCUT2D eigenvalue weighted by atomic mass is 10.1. The third kappa shape index (κ3) is 3.00. The summed E-state index contributed by atoms with van der Waals surface area (Å²) in [5, 5.41) is 7.88. The minimum Gasteiger partial charge on any atom is -0.378 e. The van der Waals surface area contributed by atoms with Gasteiger partial charge < -0.3 is 9.64 Å². The normalized spacial score (nSPS) is 16.0. The quantitative estimate of drug-likeness (QED) is 0.632. The van der Waals surface area contributed by atoms with Gasteiger partial charge in [-0.05, 0) is 11.6 Å². The van der Waals surface area contributed by atoms with Gasteiger partial charge in [0, 0.05) is 25.6 Å². The van der Waals surface area contributed by atoms with E-state index in [-0.39, 0.29) is 6.42 Å². The van der Waals surface area contributed by atoms with Crippen LogP contribution in [0.3, 0.4) is 0 Å². The minimum atomic E-state index is -0.594. The van der Waals surface area contributed by atoms with Crippen molar-refractivity contribution >= 4 is 5.84 Å². The van der Waals surface area contributed by atoms with Gasteiger partial charge in [0.2, 0.25) is 0 Å². The minimum absolute atomic E-state index is 0.187. The van der Waals surface area contributed by atoms with E-state index >= 15 is 0 Å². The standard InChI is InChI=1S/C12H14F2N2O/c13-10-2-1-9(11(14)8-10)7-12(15)16-3-5-17-6-4-16/h1-2,8,15H,3-7H2. The van der Waals surface area contributed by atoms with Gasteiger partial charge in [-0.3, -0.25) is 5.41 Å². The van der Waals surface area contributed by atoms with E-state index < -0.39 is 11.6 Å². The highest BCUT2D eigenvalue weighted by Gasteiger charge is 2.15. The zero-order valence-electron chi connectivity index (χ0n) is 9.38. The molecule has 2 rings (SSSR count). The summed E-state index contributed by atoms with van der Waals surface area (Å²) in [5.74, 6) is -0.842. The van der Waals surface area contributed by atoms with Crippen LogP contribution in [0.15, 0.2) is 18.2 Å². The van der Waals surface area contributed by atoms with E-state index in [1.54, 1.807) is 0 Å². The Balaban J connectivity index is 2.02. The first-order valence-electron chi connectivity index (χ1n) is 5.51. The molecule has 92 valence electrons. The molecule has 3 nitrogen and oxygen atoms in total. The van der Waals surface area contributed by atoms with Crippen LogP contribution in [0.2, 0.25) is 0 Å². The Labute approximate surface area is 98.5 Å². The molecular weight excluding hydrogens is 226 g/mol. The van der Waals surface area contributed by atoms with Crippen molar-refractivity contribution in [3.8, 4) is 0 Å². The molecule has 0 saturated carbocycles. The van der Waals surface area contributed by atoms with Crippen molar-refractivity contribution in [3.05, 3.63) is 35.4 Å². The fraction of sp³-hybridized carbons (Fsp3) is 0.417. The number of nitrogens with one attached hydrogen (secondary N) is 1. The second kappa shape index (κ2) is 5.23. The maximum absolute atomic E-state index is 13.4. The van der Waals surface area contributed by atoms with Crippen LogP contribution in [-0.4, -0.2) is 37.0 Å². The molecule has 0 aliphatic carbocycles. The van der Waals surface area contributed by atoms with E-state index in [9.17, 15) is 8.78 Å². The highest BCUT2D eigenvalue weighted by Crippen LogP contribution is 2.12. The molecule has 1 heterocycles. The molecule has 1 aliphatic heterocycles. The molecule has 1 aliphatic rings. The number of amidine groups is 1. The first-order valence-corrected chi connectivity index (χ1v) is 5.51. The van der Waals surface area contributed by atoms with Gasteiger partial charge in [-0.2, -0.15) is 0 Å². The van der Waals surface area contributed by atoms with Gasteiger partial charge in [-0.15, -0.1) is 0 Å². The van der Waals surface area contributed by atoms with Crippen molar-refractivity contribution in [2.24, 2.45) is 0 Å². The Hall–Kier alpha value is -1.49. The van der Waals surface area contributed by atoms with Gasteiger partial charge in [-0.1, -0.05) is 6.07 Å². The molecule has 0 unspecified atom stereocenters. The van der Waals surface area contributed by atoms with E-state index in [1.165, 1.54) is 12.1 Å². The van der Waals surface area contributed by atoms with Crippen molar-refractivity contribution in [1.82, 2.24) is 4.90 Å². The molecule has 0 aromatic heterocycles. The molecule has 1 fully saturated rings. The first kappa shape index (κ1) is 12.0. The first-order chi connectivity index (χ1) is 8.16. The van der Waals surface area contributed by atoms with E-state index in [2.05, 4.69) is 0 Å². The molecule has 1 aromatic rings. The van der Waals surface area contributed by atoms with E-state index in [4.69, 9.17) is 10.1 Å². The maximum Gasteiger partial charge on any atom is 0.129 e. The molecule has 17 heavy (non-hydrogen) atoms. The smallest absolute Gasteiger partial charge is 0.129 e. The molecule has 0 atom stereocenters. The number of nitrogens with zero attached hydrogens (tertiary/aromatic N) is 1. The van der Waals surface area contributed by atoms with Crippen LogP contribution in [0, 0.1) is 17.0 Å². The molecule has 0 bridgehead atoms. The van der Waals surface area contributed by atoms with Crippen molar-refractivity contribution < 1.29 is 13.5 Å². The number of morpholine rings is 1. The third-order valence-corrected chi connectivity index (χ3v) is 2.77. The highest BCUT2D eigenvalue weighted by atomic mass is 19.1. The topological polar surface area (TPSA) is 36.3 Å². The zero-order valence-corrected chi connectivity index (χ0v) is 9.38. The SMILES string of the molecule is N=C(Cc1ccc(F)cc1F)N1CCOCC1. The largest absolute Gasteiger partial charge is 0.378 e.